The highest BCUT2D eigenvalue weighted by Crippen LogP contribution is 2.40. The molecule has 4 aromatic rings. The number of aromatic amines is 1. The van der Waals surface area contributed by atoms with Crippen LogP contribution in [-0.2, 0) is 19.2 Å². The summed E-state index contributed by atoms with van der Waals surface area (Å²) in [6.07, 6.45) is 9.34. The zero-order valence-electron chi connectivity index (χ0n) is 26.2. The first kappa shape index (κ1) is 34.6. The van der Waals surface area contributed by atoms with Crippen molar-refractivity contribution in [3.63, 3.8) is 0 Å². The Labute approximate surface area is 277 Å². The van der Waals surface area contributed by atoms with Gasteiger partial charge in [-0.15, -0.1) is 11.3 Å². The number of hydrogen-bond donors (Lipinski definition) is 5. The van der Waals surface area contributed by atoms with Crippen molar-refractivity contribution in [1.29, 1.82) is 0 Å². The lowest BCUT2D eigenvalue weighted by molar-refractivity contribution is -0.142. The van der Waals surface area contributed by atoms with Crippen molar-refractivity contribution < 1.29 is 29.0 Å². The maximum atomic E-state index is 12.3. The fourth-order valence-electron chi connectivity index (χ4n) is 4.67. The molecule has 4 rings (SSSR count). The van der Waals surface area contributed by atoms with Gasteiger partial charge >= 0.3 is 5.97 Å². The van der Waals surface area contributed by atoms with Crippen LogP contribution in [-0.4, -0.2) is 58.0 Å². The molecule has 0 aliphatic rings. The Kier molecular flexibility index (Phi) is 12.9. The third-order valence-corrected chi connectivity index (χ3v) is 8.33. The number of nitrogens with one attached hydrogen (secondary N) is 3. The Hall–Kier alpha value is -5.23. The van der Waals surface area contributed by atoms with Crippen LogP contribution in [0.15, 0.2) is 72.9 Å². The number of primary amides is 1. The van der Waals surface area contributed by atoms with Crippen LogP contribution in [0, 0.1) is 0 Å². The molecule has 0 aliphatic heterocycles. The first-order valence-corrected chi connectivity index (χ1v) is 16.3. The fourth-order valence-corrected chi connectivity index (χ4v) is 5.75. The zero-order chi connectivity index (χ0) is 33.6. The molecule has 3 amide bonds. The molecule has 6 N–H and O–H groups in total. The van der Waals surface area contributed by atoms with Crippen molar-refractivity contribution in [3.8, 4) is 38.1 Å². The topological polar surface area (TPSA) is 176 Å². The van der Waals surface area contributed by atoms with Gasteiger partial charge in [0.05, 0.1) is 16.3 Å². The van der Waals surface area contributed by atoms with Crippen LogP contribution < -0.4 is 21.1 Å². The lowest BCUT2D eigenvalue weighted by Gasteiger charge is -2.14. The van der Waals surface area contributed by atoms with Crippen LogP contribution in [0.3, 0.4) is 0 Å². The van der Waals surface area contributed by atoms with Crippen LogP contribution in [0.1, 0.15) is 51.0 Å². The number of rotatable bonds is 18. The Balaban J connectivity index is 1.44. The second kappa shape index (κ2) is 17.5. The largest absolute Gasteiger partial charge is 0.484 e. The third kappa shape index (κ3) is 10.7. The predicted octanol–water partition coefficient (Wildman–Crippen LogP) is 5.40. The van der Waals surface area contributed by atoms with Gasteiger partial charge in [0.15, 0.2) is 6.61 Å². The minimum absolute atomic E-state index is 0.108. The molecule has 2 aromatic heterocycles. The molecule has 11 nitrogen and oxygen atoms in total. The van der Waals surface area contributed by atoms with Crippen LogP contribution in [0.2, 0.25) is 0 Å². The zero-order valence-corrected chi connectivity index (χ0v) is 27.0. The lowest BCUT2D eigenvalue weighted by Crippen LogP contribution is -2.43. The van der Waals surface area contributed by atoms with E-state index in [0.29, 0.717) is 12.3 Å². The number of carbonyl (C=O) groups is 4. The van der Waals surface area contributed by atoms with Gasteiger partial charge in [0.2, 0.25) is 11.8 Å². The van der Waals surface area contributed by atoms with E-state index in [-0.39, 0.29) is 18.7 Å². The maximum Gasteiger partial charge on any atom is 0.326 e. The van der Waals surface area contributed by atoms with Gasteiger partial charge in [-0.05, 0) is 66.4 Å². The molecule has 0 saturated heterocycles. The number of unbranched alkanes of at least 4 members (excludes halogenated alkanes) is 3. The number of carboxylic acids is 1. The van der Waals surface area contributed by atoms with Crippen molar-refractivity contribution in [3.05, 3.63) is 78.5 Å². The van der Waals surface area contributed by atoms with Crippen molar-refractivity contribution in [1.82, 2.24) is 20.6 Å². The summed E-state index contributed by atoms with van der Waals surface area (Å²) in [7, 11) is 0. The number of H-pyrrole nitrogens is 1. The minimum atomic E-state index is -1.26. The van der Waals surface area contributed by atoms with E-state index in [4.69, 9.17) is 15.5 Å². The van der Waals surface area contributed by atoms with E-state index in [9.17, 15) is 24.3 Å². The average Bonchev–Trinajstić information content (AvgIpc) is 3.76. The van der Waals surface area contributed by atoms with Crippen molar-refractivity contribution in [2.75, 3.05) is 13.2 Å². The summed E-state index contributed by atoms with van der Waals surface area (Å²) in [6, 6.07) is 17.7. The van der Waals surface area contributed by atoms with Gasteiger partial charge in [-0.25, -0.2) is 9.78 Å². The molecule has 0 aliphatic carbocycles. The highest BCUT2D eigenvalue weighted by atomic mass is 32.1. The Morgan fingerprint density at radius 3 is 2.43 bits per heavy atom. The Morgan fingerprint density at radius 1 is 1.02 bits per heavy atom. The predicted molar refractivity (Wildman–Crippen MR) is 182 cm³/mol. The van der Waals surface area contributed by atoms with Gasteiger partial charge in [0, 0.05) is 30.8 Å². The number of nitrogens with zero attached hydrogens (tertiary/aromatic N) is 1. The number of hydrogen-bond acceptors (Lipinski definition) is 7. The van der Waals surface area contributed by atoms with Gasteiger partial charge in [-0.3, -0.25) is 14.4 Å². The molecule has 2 aromatic carbocycles. The highest BCUT2D eigenvalue weighted by Gasteiger charge is 2.21. The SMILES string of the molecule is CCCCCCNC(=O)/C=C/c1ccc(-c2sc(-c3ccc[nH]3)nc2-c2ccc(OCC(=O)NC(CCC(N)=O)C(=O)O)cc2)cc1. The molecule has 12 heteroatoms. The number of amides is 3. The molecular weight excluding hydrogens is 618 g/mol. The summed E-state index contributed by atoms with van der Waals surface area (Å²) in [4.78, 5) is 56.0. The number of benzene rings is 2. The normalized spacial score (nSPS) is 11.7. The van der Waals surface area contributed by atoms with E-state index in [1.807, 2.05) is 54.7 Å². The number of nitrogens with two attached hydrogens (primary N) is 1. The number of ether oxygens (including phenoxy) is 1. The Bertz CT molecular complexity index is 1660. The van der Waals surface area contributed by atoms with E-state index in [1.165, 1.54) is 6.42 Å². The van der Waals surface area contributed by atoms with Crippen LogP contribution in [0.25, 0.3) is 38.5 Å². The molecule has 0 bridgehead atoms. The molecule has 0 spiro atoms. The summed E-state index contributed by atoms with van der Waals surface area (Å²) in [5, 5.41) is 15.4. The van der Waals surface area contributed by atoms with E-state index in [2.05, 4.69) is 22.5 Å². The summed E-state index contributed by atoms with van der Waals surface area (Å²) in [5.41, 5.74) is 9.46. The van der Waals surface area contributed by atoms with E-state index >= 15 is 0 Å². The number of aromatic nitrogens is 2. The van der Waals surface area contributed by atoms with Crippen molar-refractivity contribution in [2.45, 2.75) is 51.5 Å². The second-order valence-electron chi connectivity index (χ2n) is 10.9. The minimum Gasteiger partial charge on any atom is -0.484 e. The number of carboxylic acid groups (broad SMARTS) is 1. The van der Waals surface area contributed by atoms with Gasteiger partial charge in [0.1, 0.15) is 16.8 Å². The van der Waals surface area contributed by atoms with E-state index < -0.39 is 30.4 Å². The monoisotopic (exact) mass is 657 g/mol. The second-order valence-corrected chi connectivity index (χ2v) is 11.9. The first-order valence-electron chi connectivity index (χ1n) is 15.5. The molecular formula is C35H39N5O6S. The fraction of sp³-hybridized carbons (Fsp3) is 0.286. The molecule has 47 heavy (non-hydrogen) atoms. The van der Waals surface area contributed by atoms with Crippen molar-refractivity contribution in [2.24, 2.45) is 5.73 Å². The molecule has 0 radical (unpaired) electrons. The summed E-state index contributed by atoms with van der Waals surface area (Å²) < 4.78 is 5.58. The van der Waals surface area contributed by atoms with Crippen LogP contribution in [0.4, 0.5) is 0 Å². The summed E-state index contributed by atoms with van der Waals surface area (Å²) >= 11 is 1.55. The third-order valence-electron chi connectivity index (χ3n) is 7.20. The summed E-state index contributed by atoms with van der Waals surface area (Å²) in [6.45, 7) is 2.43. The number of carbonyl (C=O) groups excluding carboxylic acids is 3. The number of aliphatic carboxylic acids is 1. The quantitative estimate of drug-likeness (QED) is 0.0703. The molecule has 0 saturated carbocycles. The smallest absolute Gasteiger partial charge is 0.326 e. The van der Waals surface area contributed by atoms with Crippen LogP contribution >= 0.6 is 11.3 Å². The molecule has 246 valence electrons. The molecule has 0 fully saturated rings. The van der Waals surface area contributed by atoms with Gasteiger partial charge in [-0.2, -0.15) is 0 Å². The van der Waals surface area contributed by atoms with Crippen LogP contribution in [0.5, 0.6) is 5.75 Å². The van der Waals surface area contributed by atoms with Gasteiger partial charge in [0.25, 0.3) is 5.91 Å². The Morgan fingerprint density at radius 2 is 1.77 bits per heavy atom. The maximum absolute atomic E-state index is 12.3. The van der Waals surface area contributed by atoms with E-state index in [1.54, 1.807) is 35.6 Å². The van der Waals surface area contributed by atoms with Crippen molar-refractivity contribution >= 4 is 41.1 Å². The molecule has 1 atom stereocenters. The highest BCUT2D eigenvalue weighted by molar-refractivity contribution is 7.18. The van der Waals surface area contributed by atoms with Gasteiger partial charge < -0.3 is 31.2 Å². The summed E-state index contributed by atoms with van der Waals surface area (Å²) in [5.74, 6) is -2.24. The molecule has 1 unspecified atom stereocenters. The van der Waals surface area contributed by atoms with Gasteiger partial charge in [-0.1, -0.05) is 50.5 Å². The first-order chi connectivity index (χ1) is 22.7. The average molecular weight is 658 g/mol. The van der Waals surface area contributed by atoms with E-state index in [0.717, 1.165) is 57.2 Å². The lowest BCUT2D eigenvalue weighted by atomic mass is 10.0. The molecule has 2 heterocycles. The standard InChI is InChI=1S/C35H39N5O6S/c1-2-3-4-5-20-38-30(42)19-10-23-8-11-25(12-9-23)33-32(40-34(47-33)27-7-6-21-37-27)24-13-15-26(16-14-24)46-22-31(43)39-28(35(44)45)17-18-29(36)41/h6-16,19,21,28,37H,2-5,17-18,20,22H2,1H3,(H2,36,41)(H,38,42)(H,39,43)(H,44,45)/b19-10+. The number of thiazole rings is 1.